The molecule has 0 bridgehead atoms. The summed E-state index contributed by atoms with van der Waals surface area (Å²) in [7, 11) is 1.62. The maximum Gasteiger partial charge on any atom is 0.245 e. The van der Waals surface area contributed by atoms with Gasteiger partial charge in [-0.3, -0.25) is 4.79 Å². The molecule has 1 heterocycles. The van der Waals surface area contributed by atoms with Gasteiger partial charge in [0.05, 0.1) is 7.11 Å². The number of halogens is 1. The van der Waals surface area contributed by atoms with Crippen LogP contribution in [0.25, 0.3) is 11.0 Å². The van der Waals surface area contributed by atoms with Crippen molar-refractivity contribution in [2.75, 3.05) is 7.11 Å². The third kappa shape index (κ3) is 4.15. The predicted octanol–water partition coefficient (Wildman–Crippen LogP) is 0.873. The summed E-state index contributed by atoms with van der Waals surface area (Å²) in [6.45, 7) is 1.07. The smallest absolute Gasteiger partial charge is 0.245 e. The molecule has 1 aromatic heterocycles. The zero-order valence-corrected chi connectivity index (χ0v) is 17.2. The van der Waals surface area contributed by atoms with Gasteiger partial charge in [-0.2, -0.15) is 0 Å². The molecule has 0 atom stereocenters. The fraction of sp³-hybridized carbons (Fsp3) is 0.130. The minimum atomic E-state index is 0. The highest BCUT2D eigenvalue weighted by molar-refractivity contribution is 5.96. The first-order valence-electron chi connectivity index (χ1n) is 8.93. The van der Waals surface area contributed by atoms with E-state index >= 15 is 0 Å². The third-order valence-electron chi connectivity index (χ3n) is 4.70. The Morgan fingerprint density at radius 3 is 2.32 bits per heavy atom. The van der Waals surface area contributed by atoms with E-state index in [1.807, 2.05) is 65.5 Å². The number of rotatable bonds is 6. The number of ether oxygens (including phenoxy) is 1. The largest absolute Gasteiger partial charge is 1.00 e. The Balaban J connectivity index is 0.00000225. The molecule has 4 nitrogen and oxygen atoms in total. The van der Waals surface area contributed by atoms with E-state index in [2.05, 4.69) is 28.8 Å². The number of hydrogen-bond donors (Lipinski definition) is 0. The van der Waals surface area contributed by atoms with Gasteiger partial charge in [0, 0.05) is 5.56 Å². The summed E-state index contributed by atoms with van der Waals surface area (Å²) in [5.41, 5.74) is 4.08. The van der Waals surface area contributed by atoms with Gasteiger partial charge in [0.25, 0.3) is 0 Å². The highest BCUT2D eigenvalue weighted by Gasteiger charge is 2.18. The van der Waals surface area contributed by atoms with Gasteiger partial charge in [0.15, 0.2) is 17.6 Å². The molecule has 142 valence electrons. The number of imidazole rings is 1. The van der Waals surface area contributed by atoms with Gasteiger partial charge in [0.1, 0.15) is 12.3 Å². The summed E-state index contributed by atoms with van der Waals surface area (Å²) in [6.07, 6.45) is 2.03. The molecule has 0 aliphatic carbocycles. The Bertz CT molecular complexity index is 1070. The van der Waals surface area contributed by atoms with E-state index in [0.717, 1.165) is 23.3 Å². The van der Waals surface area contributed by atoms with E-state index in [1.165, 1.54) is 5.56 Å². The second-order valence-corrected chi connectivity index (χ2v) is 6.50. The molecule has 0 spiro atoms. The van der Waals surface area contributed by atoms with Crippen molar-refractivity contribution in [1.82, 2.24) is 4.57 Å². The number of fused-ring (bicyclic) bond motifs is 1. The summed E-state index contributed by atoms with van der Waals surface area (Å²) < 4.78 is 9.37. The first-order valence-corrected chi connectivity index (χ1v) is 8.93. The number of methoxy groups -OCH3 is 1. The van der Waals surface area contributed by atoms with Gasteiger partial charge in [0.2, 0.25) is 12.1 Å². The molecule has 0 saturated carbocycles. The highest BCUT2D eigenvalue weighted by Crippen LogP contribution is 2.15. The zero-order chi connectivity index (χ0) is 18.6. The quantitative estimate of drug-likeness (QED) is 0.332. The van der Waals surface area contributed by atoms with Crippen molar-refractivity contribution in [3.63, 3.8) is 0 Å². The average Bonchev–Trinajstić information content (AvgIpc) is 3.06. The van der Waals surface area contributed by atoms with Crippen molar-refractivity contribution in [2.45, 2.75) is 13.1 Å². The average molecular weight is 437 g/mol. The second kappa shape index (κ2) is 8.85. The van der Waals surface area contributed by atoms with E-state index < -0.39 is 0 Å². The Morgan fingerprint density at radius 2 is 1.61 bits per heavy atom. The van der Waals surface area contributed by atoms with Crippen molar-refractivity contribution >= 4 is 16.8 Å². The third-order valence-corrected chi connectivity index (χ3v) is 4.70. The number of ketones is 1. The van der Waals surface area contributed by atoms with Gasteiger partial charge >= 0.3 is 0 Å². The van der Waals surface area contributed by atoms with Crippen molar-refractivity contribution in [3.05, 3.63) is 96.3 Å². The van der Waals surface area contributed by atoms with Crippen molar-refractivity contribution in [2.24, 2.45) is 0 Å². The lowest BCUT2D eigenvalue weighted by molar-refractivity contribution is -0.663. The zero-order valence-electron chi connectivity index (χ0n) is 15.6. The standard InChI is InChI=1S/C23H21N2O2.BrH/c1-27-20-13-11-19(12-14-20)23(26)16-25-17-24(15-18-7-3-2-4-8-18)21-9-5-6-10-22(21)25;/h2-14,17H,15-16H2,1H3;1H/q+1;/p-1. The summed E-state index contributed by atoms with van der Waals surface area (Å²) in [5.74, 6) is 0.823. The van der Waals surface area contributed by atoms with Gasteiger partial charge < -0.3 is 21.7 Å². The normalized spacial score (nSPS) is 10.5. The van der Waals surface area contributed by atoms with E-state index in [4.69, 9.17) is 4.74 Å². The summed E-state index contributed by atoms with van der Waals surface area (Å²) in [4.78, 5) is 12.8. The number of nitrogens with zero attached hydrogens (tertiary/aromatic N) is 2. The van der Waals surface area contributed by atoms with Gasteiger partial charge in [-0.1, -0.05) is 42.5 Å². The molecule has 5 heteroatoms. The van der Waals surface area contributed by atoms with E-state index in [1.54, 1.807) is 7.11 Å². The van der Waals surface area contributed by atoms with Crippen LogP contribution in [0.3, 0.4) is 0 Å². The fourth-order valence-electron chi connectivity index (χ4n) is 3.30. The van der Waals surface area contributed by atoms with E-state index in [0.29, 0.717) is 12.1 Å². The van der Waals surface area contributed by atoms with Crippen LogP contribution >= 0.6 is 0 Å². The maximum absolute atomic E-state index is 12.8. The molecule has 4 rings (SSSR count). The fourth-order valence-corrected chi connectivity index (χ4v) is 3.30. The Kier molecular flexibility index (Phi) is 6.26. The topological polar surface area (TPSA) is 35.1 Å². The van der Waals surface area contributed by atoms with Crippen LogP contribution in [0.5, 0.6) is 5.75 Å². The SMILES string of the molecule is COc1ccc(C(=O)Cn2c[n+](Cc3ccccc3)c3ccccc32)cc1.[Br-]. The Morgan fingerprint density at radius 1 is 0.929 bits per heavy atom. The van der Waals surface area contributed by atoms with Crippen molar-refractivity contribution in [1.29, 1.82) is 0 Å². The molecule has 4 aromatic rings. The van der Waals surface area contributed by atoms with Crippen LogP contribution in [-0.2, 0) is 13.1 Å². The molecule has 3 aromatic carbocycles. The van der Waals surface area contributed by atoms with Crippen LogP contribution in [0.4, 0.5) is 0 Å². The van der Waals surface area contributed by atoms with Gasteiger partial charge in [-0.25, -0.2) is 9.13 Å². The maximum atomic E-state index is 12.8. The lowest BCUT2D eigenvalue weighted by Crippen LogP contribution is -3.00. The van der Waals surface area contributed by atoms with Crippen LogP contribution in [-0.4, -0.2) is 17.5 Å². The monoisotopic (exact) mass is 436 g/mol. The number of hydrogen-bond acceptors (Lipinski definition) is 2. The first-order chi connectivity index (χ1) is 13.2. The van der Waals surface area contributed by atoms with Crippen LogP contribution in [0.2, 0.25) is 0 Å². The van der Waals surface area contributed by atoms with Crippen molar-refractivity contribution in [3.8, 4) is 5.75 Å². The van der Waals surface area contributed by atoms with Crippen molar-refractivity contribution < 1.29 is 31.1 Å². The summed E-state index contributed by atoms with van der Waals surface area (Å²) in [6, 6.07) is 25.8. The molecular weight excluding hydrogens is 416 g/mol. The number of aromatic nitrogens is 2. The lowest BCUT2D eigenvalue weighted by Gasteiger charge is -2.02. The molecule has 0 amide bonds. The predicted molar refractivity (Wildman–Crippen MR) is 105 cm³/mol. The molecule has 0 aliphatic heterocycles. The Hall–Kier alpha value is -2.92. The molecular formula is C23H21BrN2O2. The minimum Gasteiger partial charge on any atom is -1.00 e. The molecule has 0 aliphatic rings. The van der Waals surface area contributed by atoms with E-state index in [9.17, 15) is 4.79 Å². The number of Topliss-reactive ketones (excluding diaryl/α,β-unsaturated/α-hetero) is 1. The summed E-state index contributed by atoms with van der Waals surface area (Å²) >= 11 is 0. The molecule has 0 radical (unpaired) electrons. The molecule has 0 N–H and O–H groups in total. The number of carbonyl (C=O) groups is 1. The van der Waals surface area contributed by atoms with Crippen LogP contribution in [0.1, 0.15) is 15.9 Å². The lowest BCUT2D eigenvalue weighted by atomic mass is 10.1. The van der Waals surface area contributed by atoms with Crippen LogP contribution < -0.4 is 26.3 Å². The minimum absolute atomic E-state index is 0. The van der Waals surface area contributed by atoms with Crippen LogP contribution in [0.15, 0.2) is 85.2 Å². The number of carbonyl (C=O) groups excluding carboxylic acids is 1. The molecule has 0 saturated heterocycles. The molecule has 0 unspecified atom stereocenters. The Labute approximate surface area is 174 Å². The van der Waals surface area contributed by atoms with E-state index in [-0.39, 0.29) is 22.8 Å². The number of benzene rings is 3. The molecule has 28 heavy (non-hydrogen) atoms. The van der Waals surface area contributed by atoms with Gasteiger partial charge in [-0.15, -0.1) is 0 Å². The first kappa shape index (κ1) is 19.8. The second-order valence-electron chi connectivity index (χ2n) is 6.50. The highest BCUT2D eigenvalue weighted by atomic mass is 79.9. The number of para-hydroxylation sites is 2. The van der Waals surface area contributed by atoms with Crippen LogP contribution in [0, 0.1) is 0 Å². The molecule has 0 fully saturated rings. The van der Waals surface area contributed by atoms with Gasteiger partial charge in [-0.05, 0) is 42.0 Å². The summed E-state index contributed by atoms with van der Waals surface area (Å²) in [5, 5.41) is 0.